The first-order valence-corrected chi connectivity index (χ1v) is 4.76. The molecule has 0 aliphatic rings. The van der Waals surface area contributed by atoms with Crippen LogP contribution in [0.5, 0.6) is 0 Å². The molecule has 1 aromatic rings. The molecule has 68 valence electrons. The summed E-state index contributed by atoms with van der Waals surface area (Å²) < 4.78 is 0. The molecule has 0 spiro atoms. The molecule has 12 heavy (non-hydrogen) atoms. The fourth-order valence-corrected chi connectivity index (χ4v) is 1.56. The fourth-order valence-electron chi connectivity index (χ4n) is 1.56. The zero-order valence-electron chi connectivity index (χ0n) is 8.52. The second-order valence-electron chi connectivity index (χ2n) is 4.19. The number of H-pyrrole nitrogens is 1. The van der Waals surface area contributed by atoms with Crippen molar-refractivity contribution >= 4 is 0 Å². The van der Waals surface area contributed by atoms with Gasteiger partial charge in [-0.15, -0.1) is 0 Å². The van der Waals surface area contributed by atoms with Gasteiger partial charge in [-0.3, -0.25) is 0 Å². The van der Waals surface area contributed by atoms with Gasteiger partial charge < -0.3 is 4.98 Å². The molecule has 1 heterocycles. The van der Waals surface area contributed by atoms with Crippen LogP contribution in [0.4, 0.5) is 0 Å². The topological polar surface area (TPSA) is 15.8 Å². The normalized spacial score (nSPS) is 11.5. The molecular formula is C11H19N. The van der Waals surface area contributed by atoms with Gasteiger partial charge >= 0.3 is 0 Å². The number of nitrogens with one attached hydrogen (secondary N) is 1. The highest BCUT2D eigenvalue weighted by Crippen LogP contribution is 2.21. The van der Waals surface area contributed by atoms with Gasteiger partial charge in [-0.2, -0.15) is 0 Å². The van der Waals surface area contributed by atoms with E-state index in [1.165, 1.54) is 17.5 Å². The highest BCUT2D eigenvalue weighted by atomic mass is 14.6. The molecular weight excluding hydrogens is 146 g/mol. The first-order chi connectivity index (χ1) is 5.61. The summed E-state index contributed by atoms with van der Waals surface area (Å²) in [6.45, 7) is 9.01. The summed E-state index contributed by atoms with van der Waals surface area (Å²) in [6, 6.07) is 0. The van der Waals surface area contributed by atoms with Gasteiger partial charge in [0.2, 0.25) is 0 Å². The Kier molecular flexibility index (Phi) is 2.96. The summed E-state index contributed by atoms with van der Waals surface area (Å²) >= 11 is 0. The summed E-state index contributed by atoms with van der Waals surface area (Å²) in [5, 5.41) is 0. The second kappa shape index (κ2) is 3.79. The Hall–Kier alpha value is -0.720. The van der Waals surface area contributed by atoms with Gasteiger partial charge in [0, 0.05) is 12.4 Å². The van der Waals surface area contributed by atoms with Crippen LogP contribution in [0.25, 0.3) is 0 Å². The van der Waals surface area contributed by atoms with E-state index >= 15 is 0 Å². The van der Waals surface area contributed by atoms with Crippen molar-refractivity contribution in [2.24, 2.45) is 5.92 Å². The fraction of sp³-hybridized carbons (Fsp3) is 0.636. The Morgan fingerprint density at radius 1 is 1.17 bits per heavy atom. The summed E-state index contributed by atoms with van der Waals surface area (Å²) in [5.74, 6) is 1.39. The minimum atomic E-state index is 0.644. The molecule has 1 heteroatoms. The molecule has 0 unspecified atom stereocenters. The lowest BCUT2D eigenvalue weighted by Gasteiger charge is -2.08. The SMILES string of the molecule is CC(C)Cc1c[nH]cc1C(C)C. The van der Waals surface area contributed by atoms with Gasteiger partial charge in [0.05, 0.1) is 0 Å². The lowest BCUT2D eigenvalue weighted by Crippen LogP contribution is -1.97. The van der Waals surface area contributed by atoms with Crippen LogP contribution in [0, 0.1) is 5.92 Å². The Morgan fingerprint density at radius 2 is 1.83 bits per heavy atom. The predicted octanol–water partition coefficient (Wildman–Crippen LogP) is 3.34. The third kappa shape index (κ3) is 2.13. The zero-order chi connectivity index (χ0) is 9.14. The van der Waals surface area contributed by atoms with E-state index in [4.69, 9.17) is 0 Å². The van der Waals surface area contributed by atoms with Crippen molar-refractivity contribution in [3.05, 3.63) is 23.5 Å². The van der Waals surface area contributed by atoms with Crippen LogP contribution in [0.15, 0.2) is 12.4 Å². The van der Waals surface area contributed by atoms with E-state index in [9.17, 15) is 0 Å². The molecule has 0 fully saturated rings. The Balaban J connectivity index is 2.77. The molecule has 0 radical (unpaired) electrons. The van der Waals surface area contributed by atoms with E-state index in [1.807, 2.05) is 0 Å². The van der Waals surface area contributed by atoms with E-state index in [1.54, 1.807) is 0 Å². The zero-order valence-corrected chi connectivity index (χ0v) is 8.52. The summed E-state index contributed by atoms with van der Waals surface area (Å²) in [4.78, 5) is 3.19. The number of hydrogen-bond acceptors (Lipinski definition) is 0. The first kappa shape index (κ1) is 9.37. The van der Waals surface area contributed by atoms with Crippen molar-refractivity contribution in [2.75, 3.05) is 0 Å². The van der Waals surface area contributed by atoms with Crippen molar-refractivity contribution < 1.29 is 0 Å². The van der Waals surface area contributed by atoms with E-state index in [-0.39, 0.29) is 0 Å². The van der Waals surface area contributed by atoms with E-state index < -0.39 is 0 Å². The van der Waals surface area contributed by atoms with E-state index in [0.717, 1.165) is 5.92 Å². The quantitative estimate of drug-likeness (QED) is 0.707. The Morgan fingerprint density at radius 3 is 2.33 bits per heavy atom. The maximum atomic E-state index is 3.19. The number of aromatic nitrogens is 1. The number of aromatic amines is 1. The van der Waals surface area contributed by atoms with Crippen molar-refractivity contribution in [1.29, 1.82) is 0 Å². The molecule has 0 atom stereocenters. The maximum absolute atomic E-state index is 3.19. The molecule has 0 saturated carbocycles. The van der Waals surface area contributed by atoms with Crippen molar-refractivity contribution in [3.63, 3.8) is 0 Å². The lowest BCUT2D eigenvalue weighted by atomic mass is 9.96. The van der Waals surface area contributed by atoms with Gasteiger partial charge in [0.15, 0.2) is 0 Å². The lowest BCUT2D eigenvalue weighted by molar-refractivity contribution is 0.640. The molecule has 0 aliphatic heterocycles. The standard InChI is InChI=1S/C11H19N/c1-8(2)5-10-6-12-7-11(10)9(3)4/h6-9,12H,5H2,1-4H3. The Bertz CT molecular complexity index is 233. The van der Waals surface area contributed by atoms with Crippen LogP contribution in [0.2, 0.25) is 0 Å². The Labute approximate surface area is 75.2 Å². The average molecular weight is 165 g/mol. The number of hydrogen-bond donors (Lipinski definition) is 1. The van der Waals surface area contributed by atoms with Gasteiger partial charge in [0.1, 0.15) is 0 Å². The molecule has 0 amide bonds. The highest BCUT2D eigenvalue weighted by molar-refractivity contribution is 5.26. The van der Waals surface area contributed by atoms with Gasteiger partial charge in [-0.05, 0) is 29.4 Å². The van der Waals surface area contributed by atoms with Gasteiger partial charge in [0.25, 0.3) is 0 Å². The summed E-state index contributed by atoms with van der Waals surface area (Å²) in [6.07, 6.45) is 5.45. The van der Waals surface area contributed by atoms with Crippen molar-refractivity contribution in [2.45, 2.75) is 40.0 Å². The minimum absolute atomic E-state index is 0.644. The van der Waals surface area contributed by atoms with Crippen LogP contribution in [-0.4, -0.2) is 4.98 Å². The third-order valence-corrected chi connectivity index (χ3v) is 2.12. The maximum Gasteiger partial charge on any atom is 0.00428 e. The van der Waals surface area contributed by atoms with Gasteiger partial charge in [-0.25, -0.2) is 0 Å². The first-order valence-electron chi connectivity index (χ1n) is 4.76. The van der Waals surface area contributed by atoms with Crippen LogP contribution < -0.4 is 0 Å². The van der Waals surface area contributed by atoms with Crippen LogP contribution in [0.1, 0.15) is 44.7 Å². The minimum Gasteiger partial charge on any atom is -0.367 e. The van der Waals surface area contributed by atoms with Gasteiger partial charge in [-0.1, -0.05) is 27.7 Å². The van der Waals surface area contributed by atoms with Crippen molar-refractivity contribution in [3.8, 4) is 0 Å². The molecule has 1 nitrogen and oxygen atoms in total. The molecule has 1 rings (SSSR count). The van der Waals surface area contributed by atoms with Crippen LogP contribution in [0.3, 0.4) is 0 Å². The highest BCUT2D eigenvalue weighted by Gasteiger charge is 2.08. The largest absolute Gasteiger partial charge is 0.367 e. The molecule has 0 aromatic carbocycles. The molecule has 0 bridgehead atoms. The van der Waals surface area contributed by atoms with E-state index in [0.29, 0.717) is 5.92 Å². The predicted molar refractivity (Wildman–Crippen MR) is 53.4 cm³/mol. The van der Waals surface area contributed by atoms with Crippen molar-refractivity contribution in [1.82, 2.24) is 4.98 Å². The van der Waals surface area contributed by atoms with Crippen LogP contribution in [-0.2, 0) is 6.42 Å². The smallest absolute Gasteiger partial charge is 0.00428 e. The van der Waals surface area contributed by atoms with E-state index in [2.05, 4.69) is 45.1 Å². The monoisotopic (exact) mass is 165 g/mol. The molecule has 1 aromatic heterocycles. The average Bonchev–Trinajstić information content (AvgIpc) is 2.33. The summed E-state index contributed by atoms with van der Waals surface area (Å²) in [7, 11) is 0. The third-order valence-electron chi connectivity index (χ3n) is 2.12. The molecule has 0 aliphatic carbocycles. The molecule has 1 N–H and O–H groups in total. The summed E-state index contributed by atoms with van der Waals surface area (Å²) in [5.41, 5.74) is 2.96. The van der Waals surface area contributed by atoms with Crippen LogP contribution >= 0.6 is 0 Å². The second-order valence-corrected chi connectivity index (χ2v) is 4.19. The number of rotatable bonds is 3. The molecule has 0 saturated heterocycles.